The second kappa shape index (κ2) is 5.18. The van der Waals surface area contributed by atoms with Crippen molar-refractivity contribution in [2.45, 2.75) is 6.54 Å². The van der Waals surface area contributed by atoms with Crippen molar-refractivity contribution in [3.8, 4) is 0 Å². The molecule has 1 aromatic heterocycles. The zero-order valence-corrected chi connectivity index (χ0v) is 10.6. The molecule has 0 fully saturated rings. The van der Waals surface area contributed by atoms with E-state index in [9.17, 15) is 9.18 Å². The predicted octanol–water partition coefficient (Wildman–Crippen LogP) is 2.89. The molecular formula is C11H8BrFN2O3. The van der Waals surface area contributed by atoms with Gasteiger partial charge in [0.05, 0.1) is 22.3 Å². The summed E-state index contributed by atoms with van der Waals surface area (Å²) in [4.78, 5) is 10.8. The van der Waals surface area contributed by atoms with Gasteiger partial charge in [-0.25, -0.2) is 9.18 Å². The number of carboxylic acid groups (broad SMARTS) is 1. The molecule has 0 spiro atoms. The summed E-state index contributed by atoms with van der Waals surface area (Å²) in [5.41, 5.74) is 0.683. The van der Waals surface area contributed by atoms with Crippen molar-refractivity contribution in [3.05, 3.63) is 46.0 Å². The number of carbonyl (C=O) groups is 1. The van der Waals surface area contributed by atoms with Crippen LogP contribution in [-0.4, -0.2) is 16.2 Å². The molecule has 0 aliphatic heterocycles. The molecule has 7 heteroatoms. The molecule has 1 heterocycles. The SMILES string of the molecule is O=C(O)c1ccc(NCc2ccon2)c(F)c1Br. The molecule has 1 aromatic carbocycles. The van der Waals surface area contributed by atoms with Crippen LogP contribution in [0.2, 0.25) is 0 Å². The monoisotopic (exact) mass is 314 g/mol. The lowest BCUT2D eigenvalue weighted by Gasteiger charge is -2.08. The first-order chi connectivity index (χ1) is 8.59. The van der Waals surface area contributed by atoms with Gasteiger partial charge in [0.2, 0.25) is 0 Å². The van der Waals surface area contributed by atoms with Gasteiger partial charge in [0.15, 0.2) is 5.82 Å². The standard InChI is InChI=1S/C11H8BrFN2O3/c12-9-7(11(16)17)1-2-8(10(9)13)14-5-6-3-4-18-15-6/h1-4,14H,5H2,(H,16,17). The molecule has 5 nitrogen and oxygen atoms in total. The van der Waals surface area contributed by atoms with Gasteiger partial charge in [-0.15, -0.1) is 0 Å². The van der Waals surface area contributed by atoms with Gasteiger partial charge in [0.1, 0.15) is 12.0 Å². The van der Waals surface area contributed by atoms with Gasteiger partial charge >= 0.3 is 5.97 Å². The Bertz CT molecular complexity index is 572. The zero-order valence-electron chi connectivity index (χ0n) is 8.98. The van der Waals surface area contributed by atoms with E-state index < -0.39 is 11.8 Å². The average Bonchev–Trinajstić information content (AvgIpc) is 2.83. The molecule has 0 saturated heterocycles. The van der Waals surface area contributed by atoms with Crippen LogP contribution in [0.1, 0.15) is 16.1 Å². The lowest BCUT2D eigenvalue weighted by atomic mass is 10.2. The maximum absolute atomic E-state index is 13.8. The highest BCUT2D eigenvalue weighted by Crippen LogP contribution is 2.27. The highest BCUT2D eigenvalue weighted by atomic mass is 79.9. The smallest absolute Gasteiger partial charge is 0.336 e. The van der Waals surface area contributed by atoms with Crippen LogP contribution in [0.25, 0.3) is 0 Å². The minimum absolute atomic E-state index is 0.0832. The Balaban J connectivity index is 2.19. The van der Waals surface area contributed by atoms with Crippen molar-refractivity contribution in [3.63, 3.8) is 0 Å². The summed E-state index contributed by atoms with van der Waals surface area (Å²) in [6, 6.07) is 4.33. The Labute approximate surface area is 110 Å². The van der Waals surface area contributed by atoms with Gasteiger partial charge in [-0.05, 0) is 28.1 Å². The Hall–Kier alpha value is -1.89. The van der Waals surface area contributed by atoms with Gasteiger partial charge < -0.3 is 14.9 Å². The first kappa shape index (κ1) is 12.6. The number of rotatable bonds is 4. The van der Waals surface area contributed by atoms with Crippen LogP contribution in [0.5, 0.6) is 0 Å². The van der Waals surface area contributed by atoms with Crippen LogP contribution >= 0.6 is 15.9 Å². The van der Waals surface area contributed by atoms with Gasteiger partial charge in [-0.3, -0.25) is 0 Å². The second-order valence-corrected chi connectivity index (χ2v) is 4.23. The molecule has 2 rings (SSSR count). The van der Waals surface area contributed by atoms with E-state index in [0.717, 1.165) is 0 Å². The van der Waals surface area contributed by atoms with Gasteiger partial charge in [-0.2, -0.15) is 0 Å². The molecule has 0 saturated carbocycles. The fraction of sp³-hybridized carbons (Fsp3) is 0.0909. The number of carboxylic acids is 1. The molecule has 0 amide bonds. The van der Waals surface area contributed by atoms with E-state index in [-0.39, 0.29) is 22.3 Å². The largest absolute Gasteiger partial charge is 0.478 e. The molecule has 0 aliphatic rings. The highest BCUT2D eigenvalue weighted by Gasteiger charge is 2.15. The molecule has 0 bridgehead atoms. The summed E-state index contributed by atoms with van der Waals surface area (Å²) in [6.45, 7) is 0.284. The van der Waals surface area contributed by atoms with Crippen molar-refractivity contribution in [2.24, 2.45) is 0 Å². The number of aromatic nitrogens is 1. The van der Waals surface area contributed by atoms with Crippen LogP contribution in [0.4, 0.5) is 10.1 Å². The maximum atomic E-state index is 13.8. The maximum Gasteiger partial charge on any atom is 0.336 e. The van der Waals surface area contributed by atoms with E-state index in [2.05, 4.69) is 30.9 Å². The van der Waals surface area contributed by atoms with Crippen molar-refractivity contribution in [1.82, 2.24) is 5.16 Å². The number of halogens is 2. The number of benzene rings is 1. The number of aromatic carboxylic acids is 1. The van der Waals surface area contributed by atoms with Crippen molar-refractivity contribution in [2.75, 3.05) is 5.32 Å². The van der Waals surface area contributed by atoms with Gasteiger partial charge in [0.25, 0.3) is 0 Å². The fourth-order valence-electron chi connectivity index (χ4n) is 1.37. The predicted molar refractivity (Wildman–Crippen MR) is 64.9 cm³/mol. The number of hydrogen-bond acceptors (Lipinski definition) is 4. The first-order valence-corrected chi connectivity index (χ1v) is 5.73. The van der Waals surface area contributed by atoms with Crippen molar-refractivity contribution in [1.29, 1.82) is 0 Å². The van der Waals surface area contributed by atoms with E-state index >= 15 is 0 Å². The van der Waals surface area contributed by atoms with Crippen LogP contribution in [-0.2, 0) is 6.54 Å². The molecule has 18 heavy (non-hydrogen) atoms. The molecule has 2 aromatic rings. The average molecular weight is 315 g/mol. The van der Waals surface area contributed by atoms with Crippen LogP contribution < -0.4 is 5.32 Å². The Morgan fingerprint density at radius 1 is 1.50 bits per heavy atom. The van der Waals surface area contributed by atoms with E-state index in [1.165, 1.54) is 18.4 Å². The molecule has 0 unspecified atom stereocenters. The first-order valence-electron chi connectivity index (χ1n) is 4.94. The molecule has 0 aliphatic carbocycles. The lowest BCUT2D eigenvalue weighted by Crippen LogP contribution is -2.05. The van der Waals surface area contributed by atoms with E-state index in [1.807, 2.05) is 0 Å². The van der Waals surface area contributed by atoms with Crippen molar-refractivity contribution < 1.29 is 18.8 Å². The van der Waals surface area contributed by atoms with Gasteiger partial charge in [0, 0.05) is 6.07 Å². The number of nitrogens with zero attached hydrogens (tertiary/aromatic N) is 1. The Morgan fingerprint density at radius 2 is 2.28 bits per heavy atom. The lowest BCUT2D eigenvalue weighted by molar-refractivity contribution is 0.0695. The summed E-state index contributed by atoms with van der Waals surface area (Å²) in [6.07, 6.45) is 1.41. The minimum atomic E-state index is -1.19. The van der Waals surface area contributed by atoms with E-state index in [4.69, 9.17) is 5.11 Å². The number of nitrogens with one attached hydrogen (secondary N) is 1. The molecule has 2 N–H and O–H groups in total. The van der Waals surface area contributed by atoms with Gasteiger partial charge in [-0.1, -0.05) is 5.16 Å². The summed E-state index contributed by atoms with van der Waals surface area (Å²) < 4.78 is 18.4. The van der Waals surface area contributed by atoms with E-state index in [1.54, 1.807) is 6.07 Å². The Kier molecular flexibility index (Phi) is 3.61. The number of anilines is 1. The summed E-state index contributed by atoms with van der Waals surface area (Å²) in [5, 5.41) is 15.3. The summed E-state index contributed by atoms with van der Waals surface area (Å²) in [7, 11) is 0. The molecule has 0 radical (unpaired) electrons. The zero-order chi connectivity index (χ0) is 13.1. The molecular weight excluding hydrogens is 307 g/mol. The molecule has 94 valence electrons. The normalized spacial score (nSPS) is 10.3. The van der Waals surface area contributed by atoms with Crippen LogP contribution in [0.3, 0.4) is 0 Å². The third-order valence-electron chi connectivity index (χ3n) is 2.26. The Morgan fingerprint density at radius 3 is 2.89 bits per heavy atom. The third-order valence-corrected chi connectivity index (χ3v) is 3.04. The minimum Gasteiger partial charge on any atom is -0.478 e. The quantitative estimate of drug-likeness (QED) is 0.907. The second-order valence-electron chi connectivity index (χ2n) is 3.44. The third kappa shape index (κ3) is 2.51. The number of hydrogen-bond donors (Lipinski definition) is 2. The van der Waals surface area contributed by atoms with E-state index in [0.29, 0.717) is 5.69 Å². The molecule has 0 atom stereocenters. The van der Waals surface area contributed by atoms with Crippen LogP contribution in [0, 0.1) is 5.82 Å². The van der Waals surface area contributed by atoms with Crippen LogP contribution in [0.15, 0.2) is 33.5 Å². The summed E-state index contributed by atoms with van der Waals surface area (Å²) in [5.74, 6) is -1.85. The fourth-order valence-corrected chi connectivity index (χ4v) is 1.88. The highest BCUT2D eigenvalue weighted by molar-refractivity contribution is 9.10. The topological polar surface area (TPSA) is 75.4 Å². The summed E-state index contributed by atoms with van der Waals surface area (Å²) >= 11 is 2.92. The van der Waals surface area contributed by atoms with Crippen molar-refractivity contribution >= 4 is 27.6 Å².